The van der Waals surface area contributed by atoms with Gasteiger partial charge in [0.25, 0.3) is 0 Å². The summed E-state index contributed by atoms with van der Waals surface area (Å²) < 4.78 is 0. The Hall–Kier alpha value is -1.59. The Labute approximate surface area is 138 Å². The first-order valence-corrected chi connectivity index (χ1v) is 8.52. The monoisotopic (exact) mass is 326 g/mol. The van der Waals surface area contributed by atoms with Gasteiger partial charge in [0.2, 0.25) is 11.8 Å². The smallest absolute Gasteiger partial charge is 0.308 e. The van der Waals surface area contributed by atoms with Gasteiger partial charge in [-0.3, -0.25) is 14.4 Å². The highest BCUT2D eigenvalue weighted by molar-refractivity contribution is 5.81. The number of hydrogen-bond acceptors (Lipinski definition) is 3. The molecule has 1 rings (SSSR count). The minimum Gasteiger partial charge on any atom is -0.481 e. The zero-order chi connectivity index (χ0) is 17.5. The number of rotatable bonds is 6. The first-order chi connectivity index (χ1) is 10.7. The molecule has 0 spiro atoms. The summed E-state index contributed by atoms with van der Waals surface area (Å²) in [7, 11) is 0. The molecule has 1 aliphatic rings. The molecule has 1 saturated carbocycles. The van der Waals surface area contributed by atoms with Crippen molar-refractivity contribution < 1.29 is 19.5 Å². The van der Waals surface area contributed by atoms with Crippen LogP contribution in [0.2, 0.25) is 0 Å². The number of nitrogens with one attached hydrogen (secondary N) is 2. The van der Waals surface area contributed by atoms with Crippen molar-refractivity contribution in [1.29, 1.82) is 0 Å². The van der Waals surface area contributed by atoms with E-state index in [1.807, 2.05) is 20.8 Å². The number of amides is 2. The van der Waals surface area contributed by atoms with Gasteiger partial charge in [-0.1, -0.05) is 40.0 Å². The fraction of sp³-hybridized carbons (Fsp3) is 0.824. The Morgan fingerprint density at radius 1 is 1.09 bits per heavy atom. The lowest BCUT2D eigenvalue weighted by atomic mass is 9.94. The molecule has 132 valence electrons. The van der Waals surface area contributed by atoms with E-state index < -0.39 is 17.3 Å². The maximum absolute atomic E-state index is 12.0. The Bertz CT molecular complexity index is 429. The van der Waals surface area contributed by atoms with Crippen LogP contribution in [-0.4, -0.2) is 35.5 Å². The lowest BCUT2D eigenvalue weighted by molar-refractivity contribution is -0.143. The second-order valence-electron chi connectivity index (χ2n) is 7.37. The third-order valence-electron chi connectivity index (χ3n) is 4.23. The van der Waals surface area contributed by atoms with Gasteiger partial charge in [0, 0.05) is 24.4 Å². The van der Waals surface area contributed by atoms with Crippen molar-refractivity contribution in [2.75, 3.05) is 6.54 Å². The number of aliphatic carboxylic acids is 1. The molecule has 1 aliphatic carbocycles. The zero-order valence-corrected chi connectivity index (χ0v) is 14.5. The van der Waals surface area contributed by atoms with Gasteiger partial charge in [-0.15, -0.1) is 0 Å². The molecule has 0 aromatic heterocycles. The molecule has 6 nitrogen and oxygen atoms in total. The third-order valence-corrected chi connectivity index (χ3v) is 4.23. The van der Waals surface area contributed by atoms with Gasteiger partial charge in [-0.25, -0.2) is 0 Å². The van der Waals surface area contributed by atoms with Gasteiger partial charge in [0.1, 0.15) is 0 Å². The van der Waals surface area contributed by atoms with Crippen molar-refractivity contribution in [2.45, 2.75) is 71.8 Å². The van der Waals surface area contributed by atoms with Crippen LogP contribution in [0.3, 0.4) is 0 Å². The summed E-state index contributed by atoms with van der Waals surface area (Å²) in [4.78, 5) is 35.1. The molecule has 3 N–H and O–H groups in total. The van der Waals surface area contributed by atoms with E-state index in [1.54, 1.807) is 0 Å². The van der Waals surface area contributed by atoms with Gasteiger partial charge in [0.15, 0.2) is 0 Å². The normalized spacial score (nSPS) is 22.0. The summed E-state index contributed by atoms with van der Waals surface area (Å²) in [6.45, 7) is 5.98. The summed E-state index contributed by atoms with van der Waals surface area (Å²) in [5.74, 6) is -1.47. The van der Waals surface area contributed by atoms with E-state index in [4.69, 9.17) is 0 Å². The Kier molecular flexibility index (Phi) is 7.52. The highest BCUT2D eigenvalue weighted by atomic mass is 16.4. The van der Waals surface area contributed by atoms with Crippen LogP contribution < -0.4 is 10.6 Å². The maximum atomic E-state index is 12.0. The minimum absolute atomic E-state index is 0.0346. The number of carbonyl (C=O) groups excluding carboxylic acids is 2. The van der Waals surface area contributed by atoms with Crippen molar-refractivity contribution in [3.8, 4) is 0 Å². The van der Waals surface area contributed by atoms with Crippen LogP contribution in [0.15, 0.2) is 0 Å². The molecule has 6 heteroatoms. The highest BCUT2D eigenvalue weighted by Gasteiger charge is 2.30. The van der Waals surface area contributed by atoms with Gasteiger partial charge in [-0.05, 0) is 19.3 Å². The number of carboxylic acids is 1. The van der Waals surface area contributed by atoms with Crippen LogP contribution in [0.4, 0.5) is 0 Å². The highest BCUT2D eigenvalue weighted by Crippen LogP contribution is 2.24. The SMILES string of the molecule is CC(C)(C)C(=O)NCCCC(=O)N[C@H]1CCCCC[C@H]1C(=O)O. The molecule has 0 aliphatic heterocycles. The summed E-state index contributed by atoms with van der Waals surface area (Å²) in [6, 6.07) is -0.272. The van der Waals surface area contributed by atoms with E-state index in [0.717, 1.165) is 25.7 Å². The molecule has 0 radical (unpaired) electrons. The lowest BCUT2D eigenvalue weighted by Crippen LogP contribution is -2.43. The molecular weight excluding hydrogens is 296 g/mol. The zero-order valence-electron chi connectivity index (χ0n) is 14.5. The molecule has 0 heterocycles. The molecule has 0 unspecified atom stereocenters. The largest absolute Gasteiger partial charge is 0.481 e. The molecule has 0 saturated heterocycles. The topological polar surface area (TPSA) is 95.5 Å². The van der Waals surface area contributed by atoms with Crippen LogP contribution in [0, 0.1) is 11.3 Å². The van der Waals surface area contributed by atoms with E-state index in [-0.39, 0.29) is 17.9 Å². The third kappa shape index (κ3) is 7.01. The van der Waals surface area contributed by atoms with E-state index >= 15 is 0 Å². The van der Waals surface area contributed by atoms with E-state index in [1.165, 1.54) is 0 Å². The van der Waals surface area contributed by atoms with Crippen molar-refractivity contribution in [2.24, 2.45) is 11.3 Å². The van der Waals surface area contributed by atoms with Crippen LogP contribution in [-0.2, 0) is 14.4 Å². The molecule has 23 heavy (non-hydrogen) atoms. The summed E-state index contributed by atoms with van der Waals surface area (Å²) in [6.07, 6.45) is 5.09. The van der Waals surface area contributed by atoms with Crippen molar-refractivity contribution in [3.05, 3.63) is 0 Å². The van der Waals surface area contributed by atoms with Crippen LogP contribution in [0.25, 0.3) is 0 Å². The number of carbonyl (C=O) groups is 3. The van der Waals surface area contributed by atoms with Gasteiger partial charge in [-0.2, -0.15) is 0 Å². The first kappa shape index (κ1) is 19.5. The quantitative estimate of drug-likeness (QED) is 0.514. The predicted octanol–water partition coefficient (Wildman–Crippen LogP) is 2.08. The van der Waals surface area contributed by atoms with E-state index in [9.17, 15) is 19.5 Å². The predicted molar refractivity (Wildman–Crippen MR) is 87.8 cm³/mol. The van der Waals surface area contributed by atoms with Crippen molar-refractivity contribution >= 4 is 17.8 Å². The minimum atomic E-state index is -0.824. The summed E-state index contributed by atoms with van der Waals surface area (Å²) >= 11 is 0. The van der Waals surface area contributed by atoms with Crippen LogP contribution in [0.5, 0.6) is 0 Å². The Morgan fingerprint density at radius 2 is 1.74 bits per heavy atom. The molecule has 0 bridgehead atoms. The average molecular weight is 326 g/mol. The molecule has 2 amide bonds. The fourth-order valence-corrected chi connectivity index (χ4v) is 2.77. The van der Waals surface area contributed by atoms with Crippen LogP contribution >= 0.6 is 0 Å². The molecule has 1 fully saturated rings. The molecule has 0 aromatic carbocycles. The van der Waals surface area contributed by atoms with Gasteiger partial charge in [0.05, 0.1) is 5.92 Å². The maximum Gasteiger partial charge on any atom is 0.308 e. The average Bonchev–Trinajstić information content (AvgIpc) is 2.67. The Morgan fingerprint density at radius 3 is 2.35 bits per heavy atom. The summed E-state index contributed by atoms with van der Waals surface area (Å²) in [5.41, 5.74) is -0.433. The second kappa shape index (κ2) is 8.89. The molecular formula is C17H30N2O4. The molecule has 0 aromatic rings. The first-order valence-electron chi connectivity index (χ1n) is 8.52. The van der Waals surface area contributed by atoms with Gasteiger partial charge >= 0.3 is 5.97 Å². The van der Waals surface area contributed by atoms with Crippen molar-refractivity contribution in [1.82, 2.24) is 10.6 Å². The van der Waals surface area contributed by atoms with Crippen molar-refractivity contribution in [3.63, 3.8) is 0 Å². The van der Waals surface area contributed by atoms with E-state index in [0.29, 0.717) is 25.8 Å². The number of carboxylic acid groups (broad SMARTS) is 1. The van der Waals surface area contributed by atoms with Crippen LogP contribution in [0.1, 0.15) is 65.7 Å². The second-order valence-corrected chi connectivity index (χ2v) is 7.37. The molecule has 2 atom stereocenters. The summed E-state index contributed by atoms with van der Waals surface area (Å²) in [5, 5.41) is 15.0. The van der Waals surface area contributed by atoms with Gasteiger partial charge < -0.3 is 15.7 Å². The number of hydrogen-bond donors (Lipinski definition) is 3. The standard InChI is InChI=1S/C17H30N2O4/c1-17(2,3)16(23)18-11-7-10-14(20)19-13-9-6-4-5-8-12(13)15(21)22/h12-13H,4-11H2,1-3H3,(H,18,23)(H,19,20)(H,21,22)/t12-,13+/m1/s1. The van der Waals surface area contributed by atoms with E-state index in [2.05, 4.69) is 10.6 Å². The lowest BCUT2D eigenvalue weighted by Gasteiger charge is -2.23. The Balaban J connectivity index is 2.34. The fourth-order valence-electron chi connectivity index (χ4n) is 2.77.